The van der Waals surface area contributed by atoms with Gasteiger partial charge in [-0.3, -0.25) is 9.78 Å². The number of para-hydroxylation sites is 1. The van der Waals surface area contributed by atoms with Crippen LogP contribution in [0.3, 0.4) is 0 Å². The predicted molar refractivity (Wildman–Crippen MR) is 313 cm³/mol. The fraction of sp³-hybridized carbons (Fsp3) is 0.435. The highest BCUT2D eigenvalue weighted by Crippen LogP contribution is 2.39. The number of rotatable bonds is 6. The van der Waals surface area contributed by atoms with Gasteiger partial charge in [0.1, 0.15) is 0 Å². The van der Waals surface area contributed by atoms with Crippen molar-refractivity contribution in [2.75, 3.05) is 58.6 Å². The maximum absolute atomic E-state index is 12.9. The van der Waals surface area contributed by atoms with Gasteiger partial charge in [0.2, 0.25) is 0 Å². The number of carbonyl (C=O) groups excluding carboxylic acids is 2. The molecule has 4 aliphatic heterocycles. The van der Waals surface area contributed by atoms with Crippen molar-refractivity contribution < 1.29 is 14.3 Å². The van der Waals surface area contributed by atoms with Crippen LogP contribution in [0.5, 0.6) is 0 Å². The number of amides is 1. The number of ether oxygens (including phenoxy) is 1. The van der Waals surface area contributed by atoms with Crippen LogP contribution < -0.4 is 25.3 Å². The molecule has 5 heterocycles. The normalized spacial score (nSPS) is 18.1. The number of esters is 1. The van der Waals surface area contributed by atoms with Gasteiger partial charge >= 0.3 is 5.97 Å². The Morgan fingerprint density at radius 1 is 0.595 bits per heavy atom. The molecule has 5 aromatic carbocycles. The van der Waals surface area contributed by atoms with Gasteiger partial charge in [-0.1, -0.05) is 119 Å². The van der Waals surface area contributed by atoms with Gasteiger partial charge in [0, 0.05) is 86.9 Å². The zero-order valence-electron chi connectivity index (χ0n) is 43.0. The molecule has 6 aromatic rings. The lowest BCUT2D eigenvalue weighted by Crippen LogP contribution is -2.35. The largest absolute Gasteiger partial charge is 0.465 e. The summed E-state index contributed by atoms with van der Waals surface area (Å²) in [4.78, 5) is 36.6. The van der Waals surface area contributed by atoms with Crippen LogP contribution in [-0.2, 0) is 30.4 Å². The molecule has 1 amide bonds. The minimum absolute atomic E-state index is 0.150. The maximum Gasteiger partial charge on any atom is 0.337 e. The second kappa shape index (κ2) is 24.7. The minimum atomic E-state index is -0.237. The van der Waals surface area contributed by atoms with E-state index in [-0.39, 0.29) is 11.9 Å². The first-order chi connectivity index (χ1) is 36.2. The molecule has 2 N–H and O–H groups in total. The van der Waals surface area contributed by atoms with E-state index in [1.807, 2.05) is 48.5 Å². The van der Waals surface area contributed by atoms with Gasteiger partial charge < -0.3 is 30.1 Å². The lowest BCUT2D eigenvalue weighted by molar-refractivity contribution is 0.0600. The Balaban J connectivity index is 0.000000121. The number of nitrogens with zero attached hydrogens (tertiary/aromatic N) is 4. The fourth-order valence-corrected chi connectivity index (χ4v) is 13.7. The summed E-state index contributed by atoms with van der Waals surface area (Å²) in [5.74, 6) is -0.387. The topological polar surface area (TPSA) is 90.0 Å². The fourth-order valence-electron chi connectivity index (χ4n) is 12.6. The number of aromatic nitrogens is 1. The van der Waals surface area contributed by atoms with Gasteiger partial charge in [0.25, 0.3) is 5.91 Å². The molecule has 0 unspecified atom stereocenters. The van der Waals surface area contributed by atoms with E-state index in [9.17, 15) is 9.59 Å². The van der Waals surface area contributed by atoms with Gasteiger partial charge in [-0.2, -0.15) is 0 Å². The summed E-state index contributed by atoms with van der Waals surface area (Å²) < 4.78 is 7.18. The highest BCUT2D eigenvalue weighted by atomic mass is 79.9. The summed E-state index contributed by atoms with van der Waals surface area (Å²) in [6.45, 7) is 4.48. The molecule has 3 aliphatic carbocycles. The van der Waals surface area contributed by atoms with E-state index in [0.717, 1.165) is 55.8 Å². The first kappa shape index (κ1) is 52.3. The van der Waals surface area contributed by atoms with Gasteiger partial charge in [-0.05, 0) is 165 Å². The number of fused-ring (bicyclic) bond motifs is 5. The molecule has 9 nitrogen and oxygen atoms in total. The third-order valence-electron chi connectivity index (χ3n) is 16.5. The van der Waals surface area contributed by atoms with Gasteiger partial charge in [0.05, 0.1) is 35.1 Å². The highest BCUT2D eigenvalue weighted by molar-refractivity contribution is 9.10. The molecule has 0 atom stereocenters. The molecule has 12 heteroatoms. The van der Waals surface area contributed by atoms with Crippen LogP contribution in [0, 0.1) is 0 Å². The number of carbonyl (C=O) groups is 2. The molecule has 7 aliphatic rings. The van der Waals surface area contributed by atoms with Crippen LogP contribution >= 0.6 is 43.5 Å². The molecular weight excluding hydrogens is 1070 g/mol. The molecule has 1 aromatic heterocycles. The summed E-state index contributed by atoms with van der Waals surface area (Å²) in [6.07, 6.45) is 26.5. The lowest BCUT2D eigenvalue weighted by atomic mass is 9.94. The summed E-state index contributed by atoms with van der Waals surface area (Å²) in [7, 11) is 1.43. The monoisotopic (exact) mass is 1140 g/mol. The quantitative estimate of drug-likeness (QED) is 0.159. The first-order valence-electron chi connectivity index (χ1n) is 27.5. The van der Waals surface area contributed by atoms with Crippen molar-refractivity contribution in [2.24, 2.45) is 0 Å². The smallest absolute Gasteiger partial charge is 0.337 e. The van der Waals surface area contributed by atoms with Crippen LogP contribution in [0.15, 0.2) is 112 Å². The minimum Gasteiger partial charge on any atom is -0.465 e. The summed E-state index contributed by atoms with van der Waals surface area (Å²) in [5.41, 5.74) is 13.6. The van der Waals surface area contributed by atoms with Crippen molar-refractivity contribution in [3.63, 3.8) is 0 Å². The van der Waals surface area contributed by atoms with Crippen LogP contribution in [0.2, 0.25) is 5.02 Å². The summed E-state index contributed by atoms with van der Waals surface area (Å²) in [6, 6.07) is 35.0. The first-order valence-corrected chi connectivity index (χ1v) is 29.5. The van der Waals surface area contributed by atoms with Crippen LogP contribution in [0.1, 0.15) is 139 Å². The molecule has 388 valence electrons. The number of methoxy groups -OCH3 is 1. The second-order valence-electron chi connectivity index (χ2n) is 21.1. The van der Waals surface area contributed by atoms with Crippen molar-refractivity contribution in [1.29, 1.82) is 0 Å². The molecule has 0 radical (unpaired) electrons. The standard InChI is InChI=1S/C24H24ClN3O.C16H21NO2.C14H18BrN.C8H8BrN/c25-23-19-8-4-5-9-20(19)26-15-21(23)27-24(29)17-10-11-22-16(14-17)12-13-28(22)18-6-2-1-3-7-18;1-19-16(18)13-7-8-15-12(11-13)9-10-17(15)14-5-3-2-4-6-14;15-12-6-7-14-11(10-12)8-9-16(14)13-4-2-1-3-5-13;9-7-1-2-8-6(5-7)3-4-10-8/h4-5,8-11,14-15,18H,1-3,6-7,12-13H2,(H,27,29);7-8,11,14H,2-6,9-10H2,1H3;6-7,10,13H,1-5,8-9H2;1-2,5,10H,3-4H2. The van der Waals surface area contributed by atoms with Gasteiger partial charge in [-0.25, -0.2) is 4.79 Å². The van der Waals surface area contributed by atoms with E-state index in [1.54, 1.807) is 6.20 Å². The van der Waals surface area contributed by atoms with Crippen LogP contribution in [0.25, 0.3) is 10.9 Å². The number of benzene rings is 5. The Morgan fingerprint density at radius 3 is 1.65 bits per heavy atom. The third-order valence-corrected chi connectivity index (χ3v) is 17.9. The molecule has 0 spiro atoms. The molecule has 0 bridgehead atoms. The van der Waals surface area contributed by atoms with Crippen LogP contribution in [-0.4, -0.2) is 68.3 Å². The molecule has 74 heavy (non-hydrogen) atoms. The Bertz CT molecular complexity index is 2930. The van der Waals surface area contributed by atoms with E-state index in [0.29, 0.717) is 33.9 Å². The third kappa shape index (κ3) is 12.3. The number of pyridine rings is 1. The number of halogens is 3. The molecule has 13 rings (SSSR count). The van der Waals surface area contributed by atoms with Gasteiger partial charge in [-0.15, -0.1) is 0 Å². The van der Waals surface area contributed by atoms with Crippen molar-refractivity contribution in [3.05, 3.63) is 151 Å². The van der Waals surface area contributed by atoms with Gasteiger partial charge in [0.15, 0.2) is 0 Å². The number of hydrogen-bond acceptors (Lipinski definition) is 8. The predicted octanol–water partition coefficient (Wildman–Crippen LogP) is 15.6. The van der Waals surface area contributed by atoms with E-state index < -0.39 is 0 Å². The van der Waals surface area contributed by atoms with E-state index in [1.165, 1.54) is 170 Å². The Labute approximate surface area is 460 Å². The number of hydrogen-bond donors (Lipinski definition) is 2. The molecular formula is C62H71Br2ClN6O3. The van der Waals surface area contributed by atoms with Crippen molar-refractivity contribution in [1.82, 2.24) is 4.98 Å². The zero-order chi connectivity index (χ0) is 51.0. The second-order valence-corrected chi connectivity index (χ2v) is 23.3. The number of anilines is 5. The highest BCUT2D eigenvalue weighted by Gasteiger charge is 2.30. The number of nitrogens with one attached hydrogen (secondary N) is 2. The average molecular weight is 1140 g/mol. The molecule has 3 saturated carbocycles. The Kier molecular flexibility index (Phi) is 17.5. The SMILES string of the molecule is Brc1ccc2c(c1)CCN2.Brc1ccc2c(c1)CCN2C1CCCCC1.COC(=O)c1ccc2c(c1)CCN2C1CCCCC1.O=C(Nc1cnc2ccccc2c1Cl)c1ccc2c(c1)CCN2C1CCCCC1. The van der Waals surface area contributed by atoms with E-state index >= 15 is 0 Å². The van der Waals surface area contributed by atoms with E-state index in [4.69, 9.17) is 16.3 Å². The summed E-state index contributed by atoms with van der Waals surface area (Å²) in [5, 5.41) is 7.60. The summed E-state index contributed by atoms with van der Waals surface area (Å²) >= 11 is 13.5. The van der Waals surface area contributed by atoms with Crippen molar-refractivity contribution >= 4 is 94.7 Å². The van der Waals surface area contributed by atoms with Crippen LogP contribution in [0.4, 0.5) is 28.4 Å². The molecule has 3 fully saturated rings. The molecule has 0 saturated heterocycles. The lowest BCUT2D eigenvalue weighted by Gasteiger charge is -2.33. The average Bonchev–Trinajstić information content (AvgIpc) is 4.29. The maximum atomic E-state index is 12.9. The Hall–Kier alpha value is -5.10. The van der Waals surface area contributed by atoms with Crippen molar-refractivity contribution in [3.8, 4) is 0 Å². The van der Waals surface area contributed by atoms with E-state index in [2.05, 4.69) is 111 Å². The zero-order valence-corrected chi connectivity index (χ0v) is 46.9. The Morgan fingerprint density at radius 2 is 1.08 bits per heavy atom. The van der Waals surface area contributed by atoms with Crippen molar-refractivity contribution in [2.45, 2.75) is 140 Å².